The molecular formula is C14H15Cl2N3O2. The maximum absolute atomic E-state index is 11.9. The van der Waals surface area contributed by atoms with Crippen LogP contribution in [0, 0.1) is 0 Å². The average molecular weight is 328 g/mol. The molecule has 0 unspecified atom stereocenters. The maximum Gasteiger partial charge on any atom is 0.324 e. The topological polar surface area (TPSA) is 67.2 Å². The summed E-state index contributed by atoms with van der Waals surface area (Å²) in [4.78, 5) is 11.9. The summed E-state index contributed by atoms with van der Waals surface area (Å²) < 4.78 is 5.18. The first-order valence-corrected chi connectivity index (χ1v) is 7.01. The van der Waals surface area contributed by atoms with Gasteiger partial charge in [-0.15, -0.1) is 0 Å². The summed E-state index contributed by atoms with van der Waals surface area (Å²) in [6, 6.07) is 6.06. The lowest BCUT2D eigenvalue weighted by atomic mass is 9.93. The van der Waals surface area contributed by atoms with Crippen molar-refractivity contribution in [3.8, 4) is 0 Å². The van der Waals surface area contributed by atoms with E-state index in [-0.39, 0.29) is 5.41 Å². The quantitative estimate of drug-likeness (QED) is 0.822. The SMILES string of the molecule is CC(C)(C)c1cc(NC(=O)Nc2ccc(Cl)c(Cl)c2)no1. The van der Waals surface area contributed by atoms with E-state index in [0.29, 0.717) is 27.3 Å². The Morgan fingerprint density at radius 2 is 1.86 bits per heavy atom. The second kappa shape index (κ2) is 5.95. The number of rotatable bonds is 2. The number of nitrogens with one attached hydrogen (secondary N) is 2. The molecule has 1 aromatic carbocycles. The number of halogens is 2. The fourth-order valence-corrected chi connectivity index (χ4v) is 1.84. The molecule has 2 rings (SSSR count). The molecule has 21 heavy (non-hydrogen) atoms. The van der Waals surface area contributed by atoms with Gasteiger partial charge in [-0.1, -0.05) is 49.1 Å². The minimum Gasteiger partial charge on any atom is -0.359 e. The summed E-state index contributed by atoms with van der Waals surface area (Å²) in [5.41, 5.74) is 0.356. The largest absolute Gasteiger partial charge is 0.359 e. The second-order valence-electron chi connectivity index (χ2n) is 5.53. The van der Waals surface area contributed by atoms with Crippen molar-refractivity contribution in [3.05, 3.63) is 40.1 Å². The van der Waals surface area contributed by atoms with Gasteiger partial charge in [-0.2, -0.15) is 0 Å². The van der Waals surface area contributed by atoms with Gasteiger partial charge in [0.15, 0.2) is 5.82 Å². The number of hydrogen-bond acceptors (Lipinski definition) is 3. The molecule has 0 atom stereocenters. The Morgan fingerprint density at radius 1 is 1.14 bits per heavy atom. The van der Waals surface area contributed by atoms with Crippen LogP contribution in [0.5, 0.6) is 0 Å². The van der Waals surface area contributed by atoms with E-state index >= 15 is 0 Å². The highest BCUT2D eigenvalue weighted by molar-refractivity contribution is 6.42. The summed E-state index contributed by atoms with van der Waals surface area (Å²) in [6.45, 7) is 5.98. The minimum atomic E-state index is -0.442. The van der Waals surface area contributed by atoms with Crippen molar-refractivity contribution in [2.24, 2.45) is 0 Å². The highest BCUT2D eigenvalue weighted by Crippen LogP contribution is 2.26. The van der Waals surface area contributed by atoms with Crippen LogP contribution in [0.15, 0.2) is 28.8 Å². The first-order valence-electron chi connectivity index (χ1n) is 6.26. The predicted octanol–water partition coefficient (Wildman–Crippen LogP) is 4.92. The summed E-state index contributed by atoms with van der Waals surface area (Å²) in [6.07, 6.45) is 0. The molecule has 0 aliphatic carbocycles. The van der Waals surface area contributed by atoms with Gasteiger partial charge in [0, 0.05) is 17.2 Å². The molecule has 0 aliphatic rings. The molecule has 2 amide bonds. The Morgan fingerprint density at radius 3 is 2.43 bits per heavy atom. The number of benzene rings is 1. The van der Waals surface area contributed by atoms with Gasteiger partial charge < -0.3 is 9.84 Å². The van der Waals surface area contributed by atoms with Crippen molar-refractivity contribution in [1.29, 1.82) is 0 Å². The van der Waals surface area contributed by atoms with Crippen molar-refractivity contribution in [1.82, 2.24) is 5.16 Å². The van der Waals surface area contributed by atoms with Crippen LogP contribution in [-0.4, -0.2) is 11.2 Å². The van der Waals surface area contributed by atoms with Crippen molar-refractivity contribution >= 4 is 40.7 Å². The van der Waals surface area contributed by atoms with E-state index in [1.807, 2.05) is 20.8 Å². The highest BCUT2D eigenvalue weighted by atomic mass is 35.5. The van der Waals surface area contributed by atoms with Crippen molar-refractivity contribution < 1.29 is 9.32 Å². The summed E-state index contributed by atoms with van der Waals surface area (Å²) in [5, 5.41) is 9.81. The molecule has 2 aromatic rings. The molecule has 1 heterocycles. The Balaban J connectivity index is 2.01. The highest BCUT2D eigenvalue weighted by Gasteiger charge is 2.20. The zero-order chi connectivity index (χ0) is 15.6. The third-order valence-corrected chi connectivity index (χ3v) is 3.41. The number of urea groups is 1. The number of amides is 2. The van der Waals surface area contributed by atoms with E-state index in [9.17, 15) is 4.79 Å². The summed E-state index contributed by atoms with van der Waals surface area (Å²) in [5.74, 6) is 1.03. The molecule has 0 saturated heterocycles. The zero-order valence-corrected chi connectivity index (χ0v) is 13.3. The van der Waals surface area contributed by atoms with Gasteiger partial charge in [0.2, 0.25) is 0 Å². The lowest BCUT2D eigenvalue weighted by molar-refractivity contribution is 0.262. The molecule has 0 radical (unpaired) electrons. The lowest BCUT2D eigenvalue weighted by Gasteiger charge is -2.12. The van der Waals surface area contributed by atoms with Gasteiger partial charge in [0.05, 0.1) is 10.0 Å². The first-order chi connectivity index (χ1) is 9.75. The number of hydrogen-bond donors (Lipinski definition) is 2. The third kappa shape index (κ3) is 4.12. The van der Waals surface area contributed by atoms with Crippen LogP contribution in [-0.2, 0) is 5.41 Å². The lowest BCUT2D eigenvalue weighted by Crippen LogP contribution is -2.19. The van der Waals surface area contributed by atoms with Crippen molar-refractivity contribution in [2.45, 2.75) is 26.2 Å². The van der Waals surface area contributed by atoms with E-state index in [1.165, 1.54) is 0 Å². The number of nitrogens with zero attached hydrogens (tertiary/aromatic N) is 1. The molecule has 0 aliphatic heterocycles. The number of anilines is 2. The molecule has 2 N–H and O–H groups in total. The van der Waals surface area contributed by atoms with Crippen LogP contribution >= 0.6 is 23.2 Å². The smallest absolute Gasteiger partial charge is 0.324 e. The van der Waals surface area contributed by atoms with Crippen LogP contribution in [0.3, 0.4) is 0 Å². The number of carbonyl (C=O) groups is 1. The molecule has 0 spiro atoms. The Labute approximate surface area is 132 Å². The van der Waals surface area contributed by atoms with Crippen molar-refractivity contribution in [2.75, 3.05) is 10.6 Å². The molecule has 0 bridgehead atoms. The monoisotopic (exact) mass is 327 g/mol. The van der Waals surface area contributed by atoms with E-state index in [1.54, 1.807) is 24.3 Å². The van der Waals surface area contributed by atoms with Crippen LogP contribution in [0.4, 0.5) is 16.3 Å². The molecular weight excluding hydrogens is 313 g/mol. The second-order valence-corrected chi connectivity index (χ2v) is 6.35. The van der Waals surface area contributed by atoms with E-state index < -0.39 is 6.03 Å². The van der Waals surface area contributed by atoms with Gasteiger partial charge in [-0.05, 0) is 18.2 Å². The normalized spacial score (nSPS) is 11.3. The molecule has 1 aromatic heterocycles. The van der Waals surface area contributed by atoms with Gasteiger partial charge in [-0.25, -0.2) is 4.79 Å². The fourth-order valence-electron chi connectivity index (χ4n) is 1.54. The van der Waals surface area contributed by atoms with Gasteiger partial charge in [0.1, 0.15) is 5.76 Å². The molecule has 0 fully saturated rings. The summed E-state index contributed by atoms with van der Waals surface area (Å²) >= 11 is 11.7. The van der Waals surface area contributed by atoms with Gasteiger partial charge in [0.25, 0.3) is 0 Å². The van der Waals surface area contributed by atoms with Gasteiger partial charge >= 0.3 is 6.03 Å². The standard InChI is InChI=1S/C14H15Cl2N3O2/c1-14(2,3)11-7-12(19-21-11)18-13(20)17-8-4-5-9(15)10(16)6-8/h4-7H,1-3H3,(H2,17,18,19,20). The number of aromatic nitrogens is 1. The third-order valence-electron chi connectivity index (χ3n) is 2.67. The van der Waals surface area contributed by atoms with Crippen molar-refractivity contribution in [3.63, 3.8) is 0 Å². The van der Waals surface area contributed by atoms with E-state index in [4.69, 9.17) is 27.7 Å². The van der Waals surface area contributed by atoms with E-state index in [2.05, 4.69) is 15.8 Å². The van der Waals surface area contributed by atoms with Crippen LogP contribution in [0.25, 0.3) is 0 Å². The van der Waals surface area contributed by atoms with Crippen LogP contribution in [0.1, 0.15) is 26.5 Å². The fraction of sp³-hybridized carbons (Fsp3) is 0.286. The predicted molar refractivity (Wildman–Crippen MR) is 84.3 cm³/mol. The minimum absolute atomic E-state index is 0.174. The van der Waals surface area contributed by atoms with Gasteiger partial charge in [-0.3, -0.25) is 5.32 Å². The summed E-state index contributed by atoms with van der Waals surface area (Å²) in [7, 11) is 0. The van der Waals surface area contributed by atoms with Crippen LogP contribution in [0.2, 0.25) is 10.0 Å². The molecule has 112 valence electrons. The van der Waals surface area contributed by atoms with Crippen LogP contribution < -0.4 is 10.6 Å². The average Bonchev–Trinajstić information content (AvgIpc) is 2.82. The molecule has 0 saturated carbocycles. The molecule has 5 nitrogen and oxygen atoms in total. The zero-order valence-electron chi connectivity index (χ0n) is 11.8. The first kappa shape index (κ1) is 15.7. The maximum atomic E-state index is 11.9. The Hall–Kier alpha value is -1.72. The number of carbonyl (C=O) groups excluding carboxylic acids is 1. The Kier molecular flexibility index (Phi) is 4.44. The van der Waals surface area contributed by atoms with E-state index in [0.717, 1.165) is 0 Å². The Bertz CT molecular complexity index is 662. The molecule has 7 heteroatoms.